The third-order valence-electron chi connectivity index (χ3n) is 4.57. The van der Waals surface area contributed by atoms with Gasteiger partial charge in [0.25, 0.3) is 0 Å². The van der Waals surface area contributed by atoms with Crippen molar-refractivity contribution in [2.45, 2.75) is 26.2 Å². The van der Waals surface area contributed by atoms with Crippen molar-refractivity contribution in [1.82, 2.24) is 15.0 Å². The number of hydrogen-bond acceptors (Lipinski definition) is 7. The first-order valence-corrected chi connectivity index (χ1v) is 9.51. The Morgan fingerprint density at radius 3 is 2.50 bits per heavy atom. The molecular weight excluding hydrogens is 387 g/mol. The number of benzene rings is 1. The van der Waals surface area contributed by atoms with Crippen LogP contribution in [0.3, 0.4) is 0 Å². The molecule has 3 rings (SSSR count). The Morgan fingerprint density at radius 1 is 1.07 bits per heavy atom. The number of carbonyl (C=O) groups excluding carboxylic acids is 1. The molecule has 3 aromatic rings. The summed E-state index contributed by atoms with van der Waals surface area (Å²) in [6.45, 7) is 1.77. The molecule has 1 aromatic carbocycles. The minimum atomic E-state index is -0.448. The zero-order valence-electron chi connectivity index (χ0n) is 17.1. The van der Waals surface area contributed by atoms with Gasteiger partial charge in [0.15, 0.2) is 17.3 Å². The smallest absolute Gasteiger partial charge is 0.227 e. The molecule has 8 heteroatoms. The molecule has 7 nitrogen and oxygen atoms in total. The lowest BCUT2D eigenvalue weighted by Gasteiger charge is -2.11. The Kier molecular flexibility index (Phi) is 6.90. The lowest BCUT2D eigenvalue weighted by molar-refractivity contribution is 0.0987. The van der Waals surface area contributed by atoms with E-state index in [1.165, 1.54) is 13.2 Å². The first kappa shape index (κ1) is 21.2. The van der Waals surface area contributed by atoms with Crippen LogP contribution in [-0.2, 0) is 12.8 Å². The second-order valence-electron chi connectivity index (χ2n) is 6.56. The van der Waals surface area contributed by atoms with Crippen LogP contribution in [0.1, 0.15) is 34.8 Å². The number of ketones is 1. The van der Waals surface area contributed by atoms with Crippen LogP contribution in [0.25, 0.3) is 0 Å². The maximum atomic E-state index is 14.6. The minimum absolute atomic E-state index is 0.0546. The van der Waals surface area contributed by atoms with E-state index in [0.29, 0.717) is 42.2 Å². The zero-order chi connectivity index (χ0) is 21.5. The number of Topliss-reactive ketones (excluding diaryl/α,β-unsaturated/α-hetero) is 1. The molecule has 0 atom stereocenters. The molecule has 0 aliphatic carbocycles. The van der Waals surface area contributed by atoms with Crippen LogP contribution in [0.15, 0.2) is 42.9 Å². The summed E-state index contributed by atoms with van der Waals surface area (Å²) in [6, 6.07) is 6.55. The summed E-state index contributed by atoms with van der Waals surface area (Å²) in [7, 11) is 2.93. The number of pyridine rings is 1. The van der Waals surface area contributed by atoms with Crippen molar-refractivity contribution < 1.29 is 18.7 Å². The molecule has 0 radical (unpaired) electrons. The third-order valence-corrected chi connectivity index (χ3v) is 4.57. The van der Waals surface area contributed by atoms with Gasteiger partial charge in [0.1, 0.15) is 0 Å². The zero-order valence-corrected chi connectivity index (χ0v) is 17.1. The maximum Gasteiger partial charge on any atom is 0.227 e. The molecule has 2 heterocycles. The van der Waals surface area contributed by atoms with Crippen LogP contribution in [-0.4, -0.2) is 35.0 Å². The van der Waals surface area contributed by atoms with Crippen LogP contribution < -0.4 is 14.8 Å². The SMILES string of the molecule is CCC(=O)c1cc(CCc2cnc(Nc3ccnc(OC)c3)nc2)c(F)c(OC)c1. The van der Waals surface area contributed by atoms with Crippen LogP contribution >= 0.6 is 0 Å². The molecule has 0 saturated heterocycles. The second kappa shape index (κ2) is 9.78. The molecular formula is C22H23FN4O3. The fourth-order valence-corrected chi connectivity index (χ4v) is 2.91. The van der Waals surface area contributed by atoms with E-state index in [0.717, 1.165) is 11.3 Å². The van der Waals surface area contributed by atoms with E-state index < -0.39 is 5.82 Å². The van der Waals surface area contributed by atoms with Crippen molar-refractivity contribution in [1.29, 1.82) is 0 Å². The van der Waals surface area contributed by atoms with Crippen LogP contribution in [0.2, 0.25) is 0 Å². The number of nitrogens with one attached hydrogen (secondary N) is 1. The molecule has 2 aromatic heterocycles. The molecule has 0 aliphatic rings. The van der Waals surface area contributed by atoms with E-state index in [-0.39, 0.29) is 11.5 Å². The standard InChI is InChI=1S/C22H23FN4O3/c1-4-18(28)16-9-15(21(23)19(10-16)29-2)6-5-14-12-25-22(26-13-14)27-17-7-8-24-20(11-17)30-3/h7-13H,4-6H2,1-3H3,(H,24,25,26,27). The van der Waals surface area contributed by atoms with Crippen LogP contribution in [0, 0.1) is 5.82 Å². The van der Waals surface area contributed by atoms with E-state index in [1.54, 1.807) is 50.8 Å². The number of ether oxygens (including phenoxy) is 2. The lowest BCUT2D eigenvalue weighted by atomic mass is 10.00. The number of methoxy groups -OCH3 is 2. The highest BCUT2D eigenvalue weighted by atomic mass is 19.1. The summed E-state index contributed by atoms with van der Waals surface area (Å²) >= 11 is 0. The topological polar surface area (TPSA) is 86.2 Å². The van der Waals surface area contributed by atoms with Gasteiger partial charge in [-0.3, -0.25) is 4.79 Å². The molecule has 0 spiro atoms. The van der Waals surface area contributed by atoms with Crippen molar-refractivity contribution in [3.8, 4) is 11.6 Å². The molecule has 1 N–H and O–H groups in total. The van der Waals surface area contributed by atoms with E-state index in [9.17, 15) is 9.18 Å². The Hall–Kier alpha value is -3.55. The molecule has 0 bridgehead atoms. The van der Waals surface area contributed by atoms with Gasteiger partial charge in [0, 0.05) is 42.3 Å². The van der Waals surface area contributed by atoms with E-state index in [2.05, 4.69) is 20.3 Å². The summed E-state index contributed by atoms with van der Waals surface area (Å²) in [5.74, 6) is 0.484. The Bertz CT molecular complexity index is 1030. The number of aromatic nitrogens is 3. The quantitative estimate of drug-likeness (QED) is 0.530. The average molecular weight is 410 g/mol. The lowest BCUT2D eigenvalue weighted by Crippen LogP contribution is -2.04. The highest BCUT2D eigenvalue weighted by Crippen LogP contribution is 2.25. The fourth-order valence-electron chi connectivity index (χ4n) is 2.91. The van der Waals surface area contributed by atoms with Gasteiger partial charge in [-0.05, 0) is 42.2 Å². The summed E-state index contributed by atoms with van der Waals surface area (Å²) < 4.78 is 24.8. The van der Waals surface area contributed by atoms with Gasteiger partial charge >= 0.3 is 0 Å². The molecule has 0 unspecified atom stereocenters. The Balaban J connectivity index is 1.69. The highest BCUT2D eigenvalue weighted by molar-refractivity contribution is 5.96. The van der Waals surface area contributed by atoms with Gasteiger partial charge in [-0.25, -0.2) is 19.3 Å². The fraction of sp³-hybridized carbons (Fsp3) is 0.273. The van der Waals surface area contributed by atoms with E-state index in [4.69, 9.17) is 9.47 Å². The second-order valence-corrected chi connectivity index (χ2v) is 6.56. The van der Waals surface area contributed by atoms with Gasteiger partial charge in [0.2, 0.25) is 11.8 Å². The van der Waals surface area contributed by atoms with Gasteiger partial charge in [-0.2, -0.15) is 0 Å². The Morgan fingerprint density at radius 2 is 1.83 bits per heavy atom. The van der Waals surface area contributed by atoms with Crippen molar-refractivity contribution in [2.24, 2.45) is 0 Å². The molecule has 0 aliphatic heterocycles. The van der Waals surface area contributed by atoms with Gasteiger partial charge < -0.3 is 14.8 Å². The normalized spacial score (nSPS) is 10.5. The highest BCUT2D eigenvalue weighted by Gasteiger charge is 2.15. The van der Waals surface area contributed by atoms with Crippen molar-refractivity contribution in [2.75, 3.05) is 19.5 Å². The average Bonchev–Trinajstić information content (AvgIpc) is 2.79. The van der Waals surface area contributed by atoms with Crippen molar-refractivity contribution in [3.05, 3.63) is 65.4 Å². The summed E-state index contributed by atoms with van der Waals surface area (Å²) in [5.41, 5.74) is 2.48. The summed E-state index contributed by atoms with van der Waals surface area (Å²) in [6.07, 6.45) is 6.25. The third kappa shape index (κ3) is 5.08. The monoisotopic (exact) mass is 410 g/mol. The van der Waals surface area contributed by atoms with Gasteiger partial charge in [0.05, 0.1) is 14.2 Å². The summed E-state index contributed by atoms with van der Waals surface area (Å²) in [4.78, 5) is 24.7. The van der Waals surface area contributed by atoms with Crippen LogP contribution in [0.4, 0.5) is 16.0 Å². The predicted molar refractivity (Wildman–Crippen MR) is 111 cm³/mol. The number of halogens is 1. The number of rotatable bonds is 9. The van der Waals surface area contributed by atoms with E-state index in [1.807, 2.05) is 0 Å². The predicted octanol–water partition coefficient (Wildman–Crippen LogP) is 4.15. The molecule has 0 amide bonds. The minimum Gasteiger partial charge on any atom is -0.494 e. The number of nitrogens with zero attached hydrogens (tertiary/aromatic N) is 3. The summed E-state index contributed by atoms with van der Waals surface area (Å²) in [5, 5.41) is 3.07. The first-order chi connectivity index (χ1) is 14.5. The van der Waals surface area contributed by atoms with Crippen molar-refractivity contribution >= 4 is 17.4 Å². The molecule has 30 heavy (non-hydrogen) atoms. The maximum absolute atomic E-state index is 14.6. The van der Waals surface area contributed by atoms with Gasteiger partial charge in [-0.15, -0.1) is 0 Å². The number of anilines is 2. The number of aryl methyl sites for hydroxylation is 2. The molecule has 0 saturated carbocycles. The molecule has 156 valence electrons. The van der Waals surface area contributed by atoms with Gasteiger partial charge in [-0.1, -0.05) is 6.92 Å². The first-order valence-electron chi connectivity index (χ1n) is 9.51. The number of hydrogen-bond donors (Lipinski definition) is 1. The Labute approximate surface area is 174 Å². The van der Waals surface area contributed by atoms with E-state index >= 15 is 0 Å². The number of carbonyl (C=O) groups is 1. The van der Waals surface area contributed by atoms with Crippen LogP contribution in [0.5, 0.6) is 11.6 Å². The molecule has 0 fully saturated rings. The van der Waals surface area contributed by atoms with Crippen molar-refractivity contribution in [3.63, 3.8) is 0 Å². The largest absolute Gasteiger partial charge is 0.494 e.